The van der Waals surface area contributed by atoms with Crippen LogP contribution >= 0.6 is 0 Å². The van der Waals surface area contributed by atoms with Crippen LogP contribution in [0.5, 0.6) is 0 Å². The largest absolute Gasteiger partial charge is 0.481 e. The molecule has 0 saturated heterocycles. The first-order valence-corrected chi connectivity index (χ1v) is 7.39. The third kappa shape index (κ3) is 4.52. The van der Waals surface area contributed by atoms with Crippen molar-refractivity contribution < 1.29 is 20.1 Å². The molecule has 1 aliphatic rings. The van der Waals surface area contributed by atoms with Crippen LogP contribution in [0.4, 0.5) is 0 Å². The van der Waals surface area contributed by atoms with Gasteiger partial charge in [-0.3, -0.25) is 4.79 Å². The molecule has 116 valence electrons. The molecule has 1 unspecified atom stereocenters. The maximum absolute atomic E-state index is 10.9. The lowest BCUT2D eigenvalue weighted by Gasteiger charge is -2.35. The summed E-state index contributed by atoms with van der Waals surface area (Å²) in [6.07, 6.45) is 1.38. The zero-order valence-corrected chi connectivity index (χ0v) is 12.0. The molecule has 1 aromatic rings. The molecular weight excluding hydrogens is 270 g/mol. The Kier molecular flexibility index (Phi) is 5.33. The Bertz CT molecular complexity index is 455. The first kappa shape index (κ1) is 15.9. The van der Waals surface area contributed by atoms with Gasteiger partial charge in [0.05, 0.1) is 17.6 Å². The Balaban J connectivity index is 1.75. The van der Waals surface area contributed by atoms with E-state index in [4.69, 9.17) is 5.11 Å². The second-order valence-electron chi connectivity index (χ2n) is 5.89. The molecule has 0 aromatic heterocycles. The lowest BCUT2D eigenvalue weighted by molar-refractivity contribution is -0.144. The van der Waals surface area contributed by atoms with Gasteiger partial charge in [-0.25, -0.2) is 0 Å². The van der Waals surface area contributed by atoms with Gasteiger partial charge in [-0.1, -0.05) is 30.3 Å². The van der Waals surface area contributed by atoms with Crippen LogP contribution < -0.4 is 5.32 Å². The Morgan fingerprint density at radius 1 is 1.29 bits per heavy atom. The number of hydrogen-bond acceptors (Lipinski definition) is 4. The second kappa shape index (κ2) is 7.02. The first-order valence-electron chi connectivity index (χ1n) is 7.39. The van der Waals surface area contributed by atoms with Crippen LogP contribution in [0.3, 0.4) is 0 Å². The van der Waals surface area contributed by atoms with E-state index in [9.17, 15) is 15.0 Å². The number of nitrogens with one attached hydrogen (secondary N) is 1. The van der Waals surface area contributed by atoms with E-state index in [2.05, 4.69) is 5.32 Å². The fraction of sp³-hybridized carbons (Fsp3) is 0.562. The average molecular weight is 293 g/mol. The van der Waals surface area contributed by atoms with Crippen molar-refractivity contribution in [3.63, 3.8) is 0 Å². The van der Waals surface area contributed by atoms with Crippen LogP contribution in [0.15, 0.2) is 30.3 Å². The lowest BCUT2D eigenvalue weighted by Crippen LogP contribution is -2.45. The fourth-order valence-electron chi connectivity index (χ4n) is 2.81. The third-order valence-corrected chi connectivity index (χ3v) is 4.24. The smallest absolute Gasteiger partial charge is 0.306 e. The quantitative estimate of drug-likeness (QED) is 0.635. The number of rotatable bonds is 6. The number of carboxylic acid groups (broad SMARTS) is 1. The molecule has 5 nitrogen and oxygen atoms in total. The maximum atomic E-state index is 10.9. The lowest BCUT2D eigenvalue weighted by atomic mass is 9.79. The summed E-state index contributed by atoms with van der Waals surface area (Å²) in [5.41, 5.74) is -0.0194. The third-order valence-electron chi connectivity index (χ3n) is 4.24. The highest BCUT2D eigenvalue weighted by atomic mass is 16.4. The molecule has 4 N–H and O–H groups in total. The summed E-state index contributed by atoms with van der Waals surface area (Å²) in [7, 11) is 0. The van der Waals surface area contributed by atoms with Gasteiger partial charge in [-0.05, 0) is 31.2 Å². The van der Waals surface area contributed by atoms with Crippen molar-refractivity contribution >= 4 is 5.97 Å². The molecule has 0 spiro atoms. The van der Waals surface area contributed by atoms with E-state index in [1.165, 1.54) is 0 Å². The predicted octanol–water partition coefficient (Wildman–Crippen LogP) is 1.32. The molecule has 21 heavy (non-hydrogen) atoms. The number of aliphatic hydroxyl groups is 2. The van der Waals surface area contributed by atoms with Gasteiger partial charge in [0, 0.05) is 13.1 Å². The summed E-state index contributed by atoms with van der Waals surface area (Å²) in [6, 6.07) is 9.37. The Morgan fingerprint density at radius 2 is 1.90 bits per heavy atom. The molecule has 1 aliphatic carbocycles. The topological polar surface area (TPSA) is 89.8 Å². The summed E-state index contributed by atoms with van der Waals surface area (Å²) in [6.45, 7) is 0.748. The Labute approximate surface area is 124 Å². The molecule has 1 saturated carbocycles. The van der Waals surface area contributed by atoms with Gasteiger partial charge in [-0.15, -0.1) is 0 Å². The second-order valence-corrected chi connectivity index (χ2v) is 5.89. The van der Waals surface area contributed by atoms with Gasteiger partial charge >= 0.3 is 5.97 Å². The molecule has 1 atom stereocenters. The van der Waals surface area contributed by atoms with Crippen molar-refractivity contribution in [1.29, 1.82) is 0 Å². The molecule has 0 bridgehead atoms. The van der Waals surface area contributed by atoms with E-state index in [0.717, 1.165) is 5.56 Å². The molecule has 1 fully saturated rings. The number of carbonyl (C=O) groups is 1. The van der Waals surface area contributed by atoms with Gasteiger partial charge in [0.25, 0.3) is 0 Å². The molecule has 2 rings (SSSR count). The van der Waals surface area contributed by atoms with Gasteiger partial charge in [0.1, 0.15) is 0 Å². The molecule has 0 radical (unpaired) electrons. The molecule has 5 heteroatoms. The van der Waals surface area contributed by atoms with Crippen molar-refractivity contribution in [3.05, 3.63) is 35.9 Å². The molecule has 1 aromatic carbocycles. The van der Waals surface area contributed by atoms with E-state index in [-0.39, 0.29) is 5.92 Å². The van der Waals surface area contributed by atoms with Crippen molar-refractivity contribution in [2.45, 2.75) is 37.4 Å². The van der Waals surface area contributed by atoms with E-state index < -0.39 is 17.7 Å². The van der Waals surface area contributed by atoms with Crippen LogP contribution in [0.25, 0.3) is 0 Å². The maximum Gasteiger partial charge on any atom is 0.306 e. The number of aliphatic hydroxyl groups excluding tert-OH is 1. The number of benzene rings is 1. The minimum absolute atomic E-state index is 0.333. The predicted molar refractivity (Wildman–Crippen MR) is 78.8 cm³/mol. The average Bonchev–Trinajstić information content (AvgIpc) is 2.48. The summed E-state index contributed by atoms with van der Waals surface area (Å²) >= 11 is 0. The van der Waals surface area contributed by atoms with E-state index in [0.29, 0.717) is 38.8 Å². The van der Waals surface area contributed by atoms with Gasteiger partial charge in [0.15, 0.2) is 0 Å². The zero-order valence-electron chi connectivity index (χ0n) is 12.0. The number of hydrogen-bond donors (Lipinski definition) is 4. The molecule has 0 amide bonds. The SMILES string of the molecule is O=C(O)C1CCC(O)(CNCC(O)c2ccccc2)CC1. The summed E-state index contributed by atoms with van der Waals surface area (Å²) < 4.78 is 0. The highest BCUT2D eigenvalue weighted by Gasteiger charge is 2.35. The monoisotopic (exact) mass is 293 g/mol. The van der Waals surface area contributed by atoms with Crippen molar-refractivity contribution in [1.82, 2.24) is 5.32 Å². The standard InChI is InChI=1S/C16H23NO4/c18-14(12-4-2-1-3-5-12)10-17-11-16(21)8-6-13(7-9-16)15(19)20/h1-5,13-14,17-18,21H,6-11H2,(H,19,20). The van der Waals surface area contributed by atoms with Crippen molar-refractivity contribution in [2.75, 3.05) is 13.1 Å². The van der Waals surface area contributed by atoms with E-state index in [1.807, 2.05) is 30.3 Å². The summed E-state index contributed by atoms with van der Waals surface area (Å²) in [4.78, 5) is 10.9. The minimum atomic E-state index is -0.859. The molecular formula is C16H23NO4. The highest BCUT2D eigenvalue weighted by molar-refractivity contribution is 5.70. The number of aliphatic carboxylic acids is 1. The number of carboxylic acids is 1. The van der Waals surface area contributed by atoms with Crippen molar-refractivity contribution in [3.8, 4) is 0 Å². The van der Waals surface area contributed by atoms with Crippen molar-refractivity contribution in [2.24, 2.45) is 5.92 Å². The summed E-state index contributed by atoms with van der Waals surface area (Å²) in [5, 5.41) is 32.5. The molecule has 0 aliphatic heterocycles. The Morgan fingerprint density at radius 3 is 2.48 bits per heavy atom. The highest BCUT2D eigenvalue weighted by Crippen LogP contribution is 2.31. The zero-order chi connectivity index (χ0) is 15.3. The fourth-order valence-corrected chi connectivity index (χ4v) is 2.81. The van der Waals surface area contributed by atoms with Gasteiger partial charge in [-0.2, -0.15) is 0 Å². The Hall–Kier alpha value is -1.43. The first-order chi connectivity index (χ1) is 10.0. The van der Waals surface area contributed by atoms with Gasteiger partial charge < -0.3 is 20.6 Å². The van der Waals surface area contributed by atoms with Crippen LogP contribution in [0.1, 0.15) is 37.4 Å². The van der Waals surface area contributed by atoms with Crippen LogP contribution in [0, 0.1) is 5.92 Å². The van der Waals surface area contributed by atoms with Crippen LogP contribution in [-0.2, 0) is 4.79 Å². The van der Waals surface area contributed by atoms with E-state index >= 15 is 0 Å². The van der Waals surface area contributed by atoms with Gasteiger partial charge in [0.2, 0.25) is 0 Å². The van der Waals surface area contributed by atoms with E-state index in [1.54, 1.807) is 0 Å². The summed E-state index contributed by atoms with van der Waals surface area (Å²) in [5.74, 6) is -1.11. The minimum Gasteiger partial charge on any atom is -0.481 e. The van der Waals surface area contributed by atoms with Crippen LogP contribution in [-0.4, -0.2) is 40.0 Å². The normalized spacial score (nSPS) is 27.2. The van der Waals surface area contributed by atoms with Crippen LogP contribution in [0.2, 0.25) is 0 Å². The molecule has 0 heterocycles.